The van der Waals surface area contributed by atoms with E-state index in [9.17, 15) is 20.1 Å². The molecule has 2 aromatic rings. The highest BCUT2D eigenvalue weighted by atomic mass is 16.3. The molecule has 2 unspecified atom stereocenters. The molecule has 0 aromatic heterocycles. The fraction of sp³-hybridized carbons (Fsp3) is 0.575. The van der Waals surface area contributed by atoms with E-state index in [2.05, 4.69) is 75.0 Å². The summed E-state index contributed by atoms with van der Waals surface area (Å²) in [6, 6.07) is 15.0. The number of amides is 1. The molecule has 3 aliphatic carbocycles. The number of carbonyl (C=O) groups is 1. The van der Waals surface area contributed by atoms with Crippen LogP contribution in [0.4, 0.5) is 0 Å². The van der Waals surface area contributed by atoms with E-state index >= 15 is 0 Å². The normalized spacial score (nSPS) is 38.0. The third kappa shape index (κ3) is 6.08. The molecule has 3 saturated carbocycles. The van der Waals surface area contributed by atoms with Gasteiger partial charge in [-0.25, -0.2) is 0 Å². The lowest BCUT2D eigenvalue weighted by Crippen LogP contribution is -2.41. The van der Waals surface area contributed by atoms with Crippen LogP contribution in [0.25, 0.3) is 10.8 Å². The number of carbonyl (C=O) groups excluding carboxylic acids is 1. The van der Waals surface area contributed by atoms with Crippen LogP contribution in [0.3, 0.4) is 0 Å². The van der Waals surface area contributed by atoms with E-state index in [1.165, 1.54) is 47.6 Å². The van der Waals surface area contributed by atoms with Crippen LogP contribution in [-0.4, -0.2) is 56.5 Å². The highest BCUT2D eigenvalue weighted by molar-refractivity contribution is 5.87. The van der Waals surface area contributed by atoms with Crippen LogP contribution in [0.1, 0.15) is 84.6 Å². The summed E-state index contributed by atoms with van der Waals surface area (Å²) in [5.74, 6) is 1.22. The van der Waals surface area contributed by atoms with Crippen molar-refractivity contribution >= 4 is 16.7 Å². The summed E-state index contributed by atoms with van der Waals surface area (Å²) in [5.41, 5.74) is 3.34. The first-order valence-electron chi connectivity index (χ1n) is 17.3. The molecule has 5 nitrogen and oxygen atoms in total. The van der Waals surface area contributed by atoms with E-state index in [1.807, 2.05) is 11.8 Å². The van der Waals surface area contributed by atoms with Gasteiger partial charge in [-0.05, 0) is 109 Å². The Morgan fingerprint density at radius 1 is 1.09 bits per heavy atom. The first-order chi connectivity index (χ1) is 21.4. The van der Waals surface area contributed by atoms with Gasteiger partial charge in [-0.3, -0.25) is 4.79 Å². The molecule has 9 atom stereocenters. The van der Waals surface area contributed by atoms with Gasteiger partial charge in [-0.1, -0.05) is 87.5 Å². The van der Waals surface area contributed by atoms with Crippen LogP contribution in [0.5, 0.6) is 0 Å². The van der Waals surface area contributed by atoms with E-state index in [4.69, 9.17) is 0 Å². The maximum atomic E-state index is 13.4. The summed E-state index contributed by atoms with van der Waals surface area (Å²) in [7, 11) is 0. The molecular formula is C40H53NO4. The average molecular weight is 612 g/mol. The van der Waals surface area contributed by atoms with Crippen LogP contribution in [0.15, 0.2) is 77.9 Å². The van der Waals surface area contributed by atoms with Crippen molar-refractivity contribution in [3.05, 3.63) is 83.5 Å². The summed E-state index contributed by atoms with van der Waals surface area (Å²) in [4.78, 5) is 15.4. The smallest absolute Gasteiger partial charge is 0.254 e. The zero-order valence-corrected chi connectivity index (χ0v) is 27.7. The number of fused-ring (bicyclic) bond motifs is 2. The largest absolute Gasteiger partial charge is 0.392 e. The van der Waals surface area contributed by atoms with E-state index in [0.29, 0.717) is 37.1 Å². The topological polar surface area (TPSA) is 81.0 Å². The minimum Gasteiger partial charge on any atom is -0.392 e. The van der Waals surface area contributed by atoms with Crippen LogP contribution in [0, 0.1) is 29.1 Å². The zero-order valence-electron chi connectivity index (χ0n) is 27.7. The minimum atomic E-state index is -1.30. The molecule has 4 fully saturated rings. The predicted octanol–water partition coefficient (Wildman–Crippen LogP) is 7.15. The number of likely N-dealkylation sites (tertiary alicyclic amines) is 1. The molecule has 6 rings (SSSR count). The Bertz CT molecular complexity index is 1500. The van der Waals surface area contributed by atoms with Gasteiger partial charge in [0.05, 0.1) is 12.2 Å². The van der Waals surface area contributed by atoms with Crippen LogP contribution >= 0.6 is 0 Å². The molecule has 0 radical (unpaired) electrons. The average Bonchev–Trinajstić information content (AvgIpc) is 3.48. The van der Waals surface area contributed by atoms with Crippen molar-refractivity contribution in [3.8, 4) is 0 Å². The molecule has 4 aliphatic rings. The predicted molar refractivity (Wildman–Crippen MR) is 181 cm³/mol. The van der Waals surface area contributed by atoms with Crippen molar-refractivity contribution in [2.45, 2.75) is 109 Å². The fourth-order valence-corrected chi connectivity index (χ4v) is 9.72. The number of rotatable bonds is 7. The van der Waals surface area contributed by atoms with Crippen LogP contribution in [-0.2, 0) is 11.2 Å². The third-order valence-electron chi connectivity index (χ3n) is 12.4. The molecule has 2 aromatic carbocycles. The number of allylic oxidation sites excluding steroid dienone is 3. The standard InChI is InChI=1S/C40H53NO4/c1-25(21-33-24-40(5,45)38(44)41(33)20-18-28-12-13-29-9-6-7-10-32(29)22-28)34-16-17-35-30(11-8-19-39(34,35)4)14-15-31-23-36(42)27(3)37(43)26(31)2/h6-7,9-10,12-15,22,25,27,33-37,42-43,45H,2,8,11,16-21,23-24H2,1,3-5H3/b30-14+,31-15-/t25-,27+,33?,34-,35+,36-,37-,39-,40?/m1/s1. The Kier molecular flexibility index (Phi) is 8.93. The van der Waals surface area contributed by atoms with E-state index in [0.717, 1.165) is 30.4 Å². The highest BCUT2D eigenvalue weighted by Gasteiger charge is 2.53. The summed E-state index contributed by atoms with van der Waals surface area (Å²) in [5, 5.41) is 34.6. The molecular weight excluding hydrogens is 558 g/mol. The van der Waals surface area contributed by atoms with Gasteiger partial charge in [0.25, 0.3) is 5.91 Å². The number of aliphatic hydroxyl groups excluding tert-OH is 2. The summed E-state index contributed by atoms with van der Waals surface area (Å²) >= 11 is 0. The minimum absolute atomic E-state index is 0.0477. The lowest BCUT2D eigenvalue weighted by molar-refractivity contribution is -0.142. The molecule has 1 amide bonds. The summed E-state index contributed by atoms with van der Waals surface area (Å²) in [6.07, 6.45) is 11.8. The lowest BCUT2D eigenvalue weighted by Gasteiger charge is -2.45. The van der Waals surface area contributed by atoms with E-state index in [1.54, 1.807) is 6.92 Å². The molecule has 1 heterocycles. The van der Waals surface area contributed by atoms with Gasteiger partial charge in [-0.15, -0.1) is 0 Å². The maximum absolute atomic E-state index is 13.4. The molecule has 3 N–H and O–H groups in total. The Morgan fingerprint density at radius 2 is 1.84 bits per heavy atom. The van der Waals surface area contributed by atoms with Gasteiger partial charge in [0.2, 0.25) is 0 Å². The number of benzene rings is 2. The fourth-order valence-electron chi connectivity index (χ4n) is 9.72. The monoisotopic (exact) mass is 611 g/mol. The Balaban J connectivity index is 1.15. The van der Waals surface area contributed by atoms with Crippen molar-refractivity contribution in [2.75, 3.05) is 6.54 Å². The van der Waals surface area contributed by atoms with Gasteiger partial charge >= 0.3 is 0 Å². The zero-order chi connectivity index (χ0) is 32.1. The van der Waals surface area contributed by atoms with Crippen molar-refractivity contribution in [1.29, 1.82) is 0 Å². The summed E-state index contributed by atoms with van der Waals surface area (Å²) < 4.78 is 0. The van der Waals surface area contributed by atoms with Gasteiger partial charge in [0.15, 0.2) is 0 Å². The molecule has 5 heteroatoms. The maximum Gasteiger partial charge on any atom is 0.254 e. The van der Waals surface area contributed by atoms with Crippen LogP contribution < -0.4 is 0 Å². The first kappa shape index (κ1) is 32.2. The van der Waals surface area contributed by atoms with Crippen molar-refractivity contribution in [2.24, 2.45) is 29.1 Å². The van der Waals surface area contributed by atoms with E-state index in [-0.39, 0.29) is 23.3 Å². The van der Waals surface area contributed by atoms with E-state index < -0.39 is 17.8 Å². The quantitative estimate of drug-likeness (QED) is 0.311. The molecule has 0 spiro atoms. The number of hydrogen-bond donors (Lipinski definition) is 3. The van der Waals surface area contributed by atoms with Crippen molar-refractivity contribution < 1.29 is 20.1 Å². The third-order valence-corrected chi connectivity index (χ3v) is 12.4. The number of aliphatic hydroxyl groups is 3. The second kappa shape index (κ2) is 12.5. The Labute approximate surface area is 269 Å². The summed E-state index contributed by atoms with van der Waals surface area (Å²) in [6.45, 7) is 13.2. The highest BCUT2D eigenvalue weighted by Crippen LogP contribution is 2.60. The van der Waals surface area contributed by atoms with Gasteiger partial charge in [0, 0.05) is 24.9 Å². The molecule has 0 bridgehead atoms. The van der Waals surface area contributed by atoms with Crippen molar-refractivity contribution in [3.63, 3.8) is 0 Å². The molecule has 242 valence electrons. The Morgan fingerprint density at radius 3 is 2.62 bits per heavy atom. The Hall–Kier alpha value is -2.73. The van der Waals surface area contributed by atoms with Crippen molar-refractivity contribution in [1.82, 2.24) is 4.90 Å². The van der Waals surface area contributed by atoms with Gasteiger partial charge in [-0.2, -0.15) is 0 Å². The molecule has 45 heavy (non-hydrogen) atoms. The first-order valence-corrected chi connectivity index (χ1v) is 17.3. The second-order valence-electron chi connectivity index (χ2n) is 15.4. The van der Waals surface area contributed by atoms with Gasteiger partial charge < -0.3 is 20.2 Å². The SMILES string of the molecule is C=C1/C(=C\C=C2/CCC[C@]3(C)[C@@H]([C@H](C)CC4CC(C)(O)C(=O)N4CCc4ccc5ccccc5c4)CC[C@@H]23)C[C@@H](O)[C@H](C)[C@@H]1O. The second-order valence-corrected chi connectivity index (χ2v) is 15.4. The molecule has 1 aliphatic heterocycles. The molecule has 1 saturated heterocycles. The van der Waals surface area contributed by atoms with Crippen LogP contribution in [0.2, 0.25) is 0 Å². The number of nitrogens with zero attached hydrogens (tertiary/aromatic N) is 1. The lowest BCUT2D eigenvalue weighted by atomic mass is 9.60. The van der Waals surface area contributed by atoms with Gasteiger partial charge in [0.1, 0.15) is 5.60 Å². The number of hydrogen-bond acceptors (Lipinski definition) is 4.